The summed E-state index contributed by atoms with van der Waals surface area (Å²) < 4.78 is 27.6. The second kappa shape index (κ2) is 8.27. The van der Waals surface area contributed by atoms with Crippen LogP contribution in [0.5, 0.6) is 0 Å². The molecule has 0 fully saturated rings. The van der Waals surface area contributed by atoms with Crippen LogP contribution >= 0.6 is 0 Å². The first-order chi connectivity index (χ1) is 13.4. The van der Waals surface area contributed by atoms with Gasteiger partial charge in [0, 0.05) is 16.9 Å². The van der Waals surface area contributed by atoms with Gasteiger partial charge < -0.3 is 5.32 Å². The van der Waals surface area contributed by atoms with E-state index in [1.807, 2.05) is 31.2 Å². The maximum absolute atomic E-state index is 12.5. The number of amides is 1. The van der Waals surface area contributed by atoms with E-state index >= 15 is 0 Å². The Morgan fingerprint density at radius 3 is 2.21 bits per heavy atom. The Labute approximate surface area is 165 Å². The zero-order valence-electron chi connectivity index (χ0n) is 15.8. The average Bonchev–Trinajstić information content (AvgIpc) is 2.69. The van der Waals surface area contributed by atoms with Crippen LogP contribution in [-0.2, 0) is 16.4 Å². The second-order valence-corrected chi connectivity index (χ2v) is 8.19. The molecule has 0 radical (unpaired) electrons. The summed E-state index contributed by atoms with van der Waals surface area (Å²) in [5.74, 6) is -0.305. The summed E-state index contributed by atoms with van der Waals surface area (Å²) in [4.78, 5) is 12.7. The normalized spacial score (nSPS) is 11.1. The standard InChI is InChI=1S/C22H22N2O3S/c1-3-17-9-11-19(12-10-17)23-22(25)18-5-4-6-20(15-18)24-28(26,27)21-13-7-16(2)8-14-21/h4-15,24H,3H2,1-2H3,(H,23,25). The maximum atomic E-state index is 12.5. The van der Waals surface area contributed by atoms with E-state index < -0.39 is 10.0 Å². The summed E-state index contributed by atoms with van der Waals surface area (Å²) in [6.45, 7) is 3.96. The third kappa shape index (κ3) is 4.78. The van der Waals surface area contributed by atoms with Gasteiger partial charge in [-0.2, -0.15) is 0 Å². The van der Waals surface area contributed by atoms with Gasteiger partial charge >= 0.3 is 0 Å². The van der Waals surface area contributed by atoms with Gasteiger partial charge in [0.15, 0.2) is 0 Å². The van der Waals surface area contributed by atoms with Gasteiger partial charge in [0.25, 0.3) is 15.9 Å². The molecule has 0 aromatic heterocycles. The van der Waals surface area contributed by atoms with E-state index in [1.54, 1.807) is 42.5 Å². The predicted octanol–water partition coefficient (Wildman–Crippen LogP) is 4.61. The molecular weight excluding hydrogens is 372 g/mol. The van der Waals surface area contributed by atoms with Crippen molar-refractivity contribution in [3.63, 3.8) is 0 Å². The van der Waals surface area contributed by atoms with Crippen molar-refractivity contribution in [1.29, 1.82) is 0 Å². The number of aryl methyl sites for hydroxylation is 2. The summed E-state index contributed by atoms with van der Waals surface area (Å²) in [5.41, 5.74) is 3.54. The molecule has 0 spiro atoms. The molecule has 0 atom stereocenters. The van der Waals surface area contributed by atoms with Crippen LogP contribution in [-0.4, -0.2) is 14.3 Å². The van der Waals surface area contributed by atoms with Gasteiger partial charge in [-0.3, -0.25) is 9.52 Å². The fourth-order valence-electron chi connectivity index (χ4n) is 2.68. The Bertz CT molecular complexity index is 1070. The predicted molar refractivity (Wildman–Crippen MR) is 112 cm³/mol. The first-order valence-electron chi connectivity index (χ1n) is 8.97. The third-order valence-electron chi connectivity index (χ3n) is 4.33. The number of sulfonamides is 1. The molecule has 0 saturated carbocycles. The van der Waals surface area contributed by atoms with Gasteiger partial charge in [0.1, 0.15) is 0 Å². The van der Waals surface area contributed by atoms with E-state index in [9.17, 15) is 13.2 Å². The van der Waals surface area contributed by atoms with Gasteiger partial charge in [-0.05, 0) is 61.4 Å². The molecule has 0 aliphatic rings. The first-order valence-corrected chi connectivity index (χ1v) is 10.5. The SMILES string of the molecule is CCc1ccc(NC(=O)c2cccc(NS(=O)(=O)c3ccc(C)cc3)c2)cc1. The summed E-state index contributed by atoms with van der Waals surface area (Å²) in [6.07, 6.45) is 0.928. The van der Waals surface area contributed by atoms with Crippen LogP contribution in [0.25, 0.3) is 0 Å². The van der Waals surface area contributed by atoms with Crippen molar-refractivity contribution in [2.24, 2.45) is 0 Å². The van der Waals surface area contributed by atoms with E-state index in [4.69, 9.17) is 0 Å². The van der Waals surface area contributed by atoms with Crippen molar-refractivity contribution in [1.82, 2.24) is 0 Å². The van der Waals surface area contributed by atoms with Crippen molar-refractivity contribution in [3.05, 3.63) is 89.5 Å². The topological polar surface area (TPSA) is 75.3 Å². The Hall–Kier alpha value is -3.12. The highest BCUT2D eigenvalue weighted by atomic mass is 32.2. The average molecular weight is 394 g/mol. The van der Waals surface area contributed by atoms with E-state index in [0.29, 0.717) is 16.9 Å². The lowest BCUT2D eigenvalue weighted by atomic mass is 10.1. The highest BCUT2D eigenvalue weighted by Gasteiger charge is 2.15. The number of hydrogen-bond acceptors (Lipinski definition) is 3. The molecule has 3 rings (SSSR count). The lowest BCUT2D eigenvalue weighted by Gasteiger charge is -2.10. The van der Waals surface area contributed by atoms with Crippen LogP contribution in [0.2, 0.25) is 0 Å². The number of carbonyl (C=O) groups excluding carboxylic acids is 1. The van der Waals surface area contributed by atoms with Crippen LogP contribution in [0.15, 0.2) is 77.7 Å². The minimum Gasteiger partial charge on any atom is -0.322 e. The van der Waals surface area contributed by atoms with E-state index in [2.05, 4.69) is 17.0 Å². The monoisotopic (exact) mass is 394 g/mol. The number of benzene rings is 3. The van der Waals surface area contributed by atoms with Crippen LogP contribution in [0, 0.1) is 6.92 Å². The molecule has 0 saturated heterocycles. The van der Waals surface area contributed by atoms with Crippen molar-refractivity contribution in [3.8, 4) is 0 Å². The Balaban J connectivity index is 1.75. The van der Waals surface area contributed by atoms with Gasteiger partial charge in [0.05, 0.1) is 4.90 Å². The van der Waals surface area contributed by atoms with Crippen molar-refractivity contribution >= 4 is 27.3 Å². The molecule has 3 aromatic rings. The number of hydrogen-bond donors (Lipinski definition) is 2. The lowest BCUT2D eigenvalue weighted by Crippen LogP contribution is -2.15. The summed E-state index contributed by atoms with van der Waals surface area (Å²) in [7, 11) is -3.72. The third-order valence-corrected chi connectivity index (χ3v) is 5.73. The maximum Gasteiger partial charge on any atom is 0.261 e. The molecule has 28 heavy (non-hydrogen) atoms. The fourth-order valence-corrected chi connectivity index (χ4v) is 3.73. The second-order valence-electron chi connectivity index (χ2n) is 6.50. The summed E-state index contributed by atoms with van der Waals surface area (Å²) in [6, 6.07) is 20.6. The van der Waals surface area contributed by atoms with Crippen molar-refractivity contribution < 1.29 is 13.2 Å². The van der Waals surface area contributed by atoms with Crippen LogP contribution in [0.4, 0.5) is 11.4 Å². The number of rotatable bonds is 6. The molecule has 0 heterocycles. The molecule has 0 aliphatic carbocycles. The molecule has 6 heteroatoms. The van der Waals surface area contributed by atoms with Crippen molar-refractivity contribution in [2.45, 2.75) is 25.2 Å². The molecule has 2 N–H and O–H groups in total. The summed E-state index contributed by atoms with van der Waals surface area (Å²) in [5, 5.41) is 2.82. The smallest absolute Gasteiger partial charge is 0.261 e. The highest BCUT2D eigenvalue weighted by molar-refractivity contribution is 7.92. The Morgan fingerprint density at radius 1 is 0.893 bits per heavy atom. The molecule has 5 nitrogen and oxygen atoms in total. The van der Waals surface area contributed by atoms with E-state index in [-0.39, 0.29) is 10.8 Å². The molecule has 0 bridgehead atoms. The fraction of sp³-hybridized carbons (Fsp3) is 0.136. The van der Waals surface area contributed by atoms with Gasteiger partial charge in [-0.15, -0.1) is 0 Å². The van der Waals surface area contributed by atoms with E-state index in [0.717, 1.165) is 12.0 Å². The summed E-state index contributed by atoms with van der Waals surface area (Å²) >= 11 is 0. The number of nitrogens with one attached hydrogen (secondary N) is 2. The highest BCUT2D eigenvalue weighted by Crippen LogP contribution is 2.19. The van der Waals surface area contributed by atoms with E-state index in [1.165, 1.54) is 11.6 Å². The molecule has 3 aromatic carbocycles. The van der Waals surface area contributed by atoms with Gasteiger partial charge in [-0.1, -0.05) is 42.8 Å². The minimum absolute atomic E-state index is 0.170. The van der Waals surface area contributed by atoms with Crippen molar-refractivity contribution in [2.75, 3.05) is 10.0 Å². The minimum atomic E-state index is -3.72. The Kier molecular flexibility index (Phi) is 5.80. The quantitative estimate of drug-likeness (QED) is 0.641. The van der Waals surface area contributed by atoms with Gasteiger partial charge in [0.2, 0.25) is 0 Å². The van der Waals surface area contributed by atoms with Crippen LogP contribution in [0.1, 0.15) is 28.4 Å². The molecule has 144 valence electrons. The molecule has 0 aliphatic heterocycles. The number of carbonyl (C=O) groups is 1. The van der Waals surface area contributed by atoms with Gasteiger partial charge in [-0.25, -0.2) is 8.42 Å². The zero-order valence-corrected chi connectivity index (χ0v) is 16.6. The van der Waals surface area contributed by atoms with Crippen LogP contribution < -0.4 is 10.0 Å². The molecule has 0 unspecified atom stereocenters. The largest absolute Gasteiger partial charge is 0.322 e. The van der Waals surface area contributed by atoms with Crippen LogP contribution in [0.3, 0.4) is 0 Å². The molecular formula is C22H22N2O3S. The zero-order chi connectivity index (χ0) is 20.1. The molecule has 1 amide bonds. The lowest BCUT2D eigenvalue weighted by molar-refractivity contribution is 0.102. The first kappa shape index (κ1) is 19.6. The number of anilines is 2. The Morgan fingerprint density at radius 2 is 1.57 bits per heavy atom.